The van der Waals surface area contributed by atoms with Gasteiger partial charge in [-0.05, 0) is 0 Å². The van der Waals surface area contributed by atoms with E-state index < -0.39 is 0 Å². The molecule has 0 saturated carbocycles. The molecule has 0 fully saturated rings. The van der Waals surface area contributed by atoms with Crippen molar-refractivity contribution in [3.63, 3.8) is 0 Å². The van der Waals surface area contributed by atoms with Gasteiger partial charge in [0.05, 0.1) is 11.9 Å². The van der Waals surface area contributed by atoms with Crippen molar-refractivity contribution >= 4 is 22.6 Å². The van der Waals surface area contributed by atoms with Gasteiger partial charge in [-0.1, -0.05) is 27.8 Å². The van der Waals surface area contributed by atoms with Gasteiger partial charge in [-0.15, -0.1) is 5.10 Å². The van der Waals surface area contributed by atoms with E-state index in [0.717, 1.165) is 10.1 Å². The maximum absolute atomic E-state index is 3.75. The van der Waals surface area contributed by atoms with E-state index >= 15 is 0 Å². The minimum atomic E-state index is 0.973. The second-order valence-electron chi connectivity index (χ2n) is 1.48. The van der Waals surface area contributed by atoms with Crippen LogP contribution in [0.3, 0.4) is 0 Å². The van der Waals surface area contributed by atoms with E-state index in [1.54, 1.807) is 10.9 Å². The van der Waals surface area contributed by atoms with E-state index in [1.165, 1.54) is 0 Å². The van der Waals surface area contributed by atoms with E-state index in [4.69, 9.17) is 0 Å². The van der Waals surface area contributed by atoms with Crippen molar-refractivity contribution in [1.29, 1.82) is 0 Å². The molecule has 0 atom stereocenters. The molecule has 1 aromatic rings. The molecule has 0 radical (unpaired) electrons. The molecule has 0 aliphatic carbocycles. The number of aromatic nitrogens is 3. The molecule has 0 amide bonds. The fourth-order valence-corrected chi connectivity index (χ4v) is 1.12. The van der Waals surface area contributed by atoms with E-state index in [1.807, 2.05) is 7.05 Å². The summed E-state index contributed by atoms with van der Waals surface area (Å²) in [4.78, 5) is 0. The Bertz CT molecular complexity index is 172. The maximum atomic E-state index is 3.75. The Hall–Kier alpha value is -0.130. The second-order valence-corrected chi connectivity index (χ2v) is 2.25. The molecule has 44 valence electrons. The lowest BCUT2D eigenvalue weighted by molar-refractivity contribution is 0.695. The van der Waals surface area contributed by atoms with Gasteiger partial charge in [0.15, 0.2) is 0 Å². The Morgan fingerprint density at radius 3 is 2.88 bits per heavy atom. The molecule has 1 rings (SSSR count). The number of rotatable bonds is 1. The first kappa shape index (κ1) is 6.00. The van der Waals surface area contributed by atoms with Crippen molar-refractivity contribution in [1.82, 2.24) is 15.0 Å². The Kier molecular flexibility index (Phi) is 1.82. The second kappa shape index (κ2) is 2.43. The van der Waals surface area contributed by atoms with Gasteiger partial charge < -0.3 is 0 Å². The SMILES string of the molecule is Cn1nncc1CI. The molecule has 4 heteroatoms. The minimum Gasteiger partial charge on any atom is -0.252 e. The zero-order valence-corrected chi connectivity index (χ0v) is 6.66. The van der Waals surface area contributed by atoms with E-state index in [2.05, 4.69) is 32.9 Å². The average molecular weight is 223 g/mol. The van der Waals surface area contributed by atoms with Crippen molar-refractivity contribution in [2.24, 2.45) is 7.05 Å². The lowest BCUT2D eigenvalue weighted by Gasteiger charge is -1.89. The van der Waals surface area contributed by atoms with Crippen LogP contribution in [0.25, 0.3) is 0 Å². The van der Waals surface area contributed by atoms with Crippen LogP contribution in [0.5, 0.6) is 0 Å². The van der Waals surface area contributed by atoms with Gasteiger partial charge in [0.2, 0.25) is 0 Å². The van der Waals surface area contributed by atoms with Gasteiger partial charge >= 0.3 is 0 Å². The molecule has 0 bridgehead atoms. The molecule has 1 heterocycles. The normalized spacial score (nSPS) is 9.75. The van der Waals surface area contributed by atoms with E-state index in [-0.39, 0.29) is 0 Å². The Morgan fingerprint density at radius 1 is 1.88 bits per heavy atom. The Morgan fingerprint density at radius 2 is 2.62 bits per heavy atom. The summed E-state index contributed by atoms with van der Waals surface area (Å²) in [5, 5.41) is 7.45. The van der Waals surface area contributed by atoms with Gasteiger partial charge in [-0.25, -0.2) is 0 Å². The predicted molar refractivity (Wildman–Crippen MR) is 38.7 cm³/mol. The third-order valence-electron chi connectivity index (χ3n) is 0.945. The molecule has 0 aliphatic rings. The monoisotopic (exact) mass is 223 g/mol. The molecular formula is C4H6IN3. The standard InChI is InChI=1S/C4H6IN3/c1-8-4(2-5)3-6-7-8/h3H,2H2,1H3. The number of aryl methyl sites for hydroxylation is 1. The van der Waals surface area contributed by atoms with Crippen LogP contribution in [-0.4, -0.2) is 15.0 Å². The summed E-state index contributed by atoms with van der Waals surface area (Å²) in [5.41, 5.74) is 1.16. The summed E-state index contributed by atoms with van der Waals surface area (Å²) in [6, 6.07) is 0. The quantitative estimate of drug-likeness (QED) is 0.519. The van der Waals surface area contributed by atoms with Crippen LogP contribution >= 0.6 is 22.6 Å². The lowest BCUT2D eigenvalue weighted by atomic mass is 10.6. The third-order valence-corrected chi connectivity index (χ3v) is 1.73. The highest BCUT2D eigenvalue weighted by Gasteiger charge is 1.92. The Labute approximate surface area is 61.2 Å². The highest BCUT2D eigenvalue weighted by atomic mass is 127. The predicted octanol–water partition coefficient (Wildman–Crippen LogP) is 0.750. The zero-order valence-electron chi connectivity index (χ0n) is 4.50. The average Bonchev–Trinajstić information content (AvgIpc) is 2.14. The first-order valence-electron chi connectivity index (χ1n) is 2.24. The number of halogens is 1. The Balaban J connectivity index is 2.92. The van der Waals surface area contributed by atoms with Crippen LogP contribution in [0.4, 0.5) is 0 Å². The summed E-state index contributed by atoms with van der Waals surface area (Å²) in [6.07, 6.45) is 1.77. The van der Waals surface area contributed by atoms with Gasteiger partial charge in [0.25, 0.3) is 0 Å². The first-order chi connectivity index (χ1) is 3.84. The molecule has 0 unspecified atom stereocenters. The largest absolute Gasteiger partial charge is 0.252 e. The number of alkyl halides is 1. The van der Waals surface area contributed by atoms with Crippen molar-refractivity contribution in [2.45, 2.75) is 4.43 Å². The highest BCUT2D eigenvalue weighted by Crippen LogP contribution is 1.99. The van der Waals surface area contributed by atoms with Gasteiger partial charge in [-0.3, -0.25) is 4.68 Å². The first-order valence-corrected chi connectivity index (χ1v) is 3.76. The molecule has 0 saturated heterocycles. The van der Waals surface area contributed by atoms with Crippen molar-refractivity contribution < 1.29 is 0 Å². The van der Waals surface area contributed by atoms with Crippen molar-refractivity contribution in [3.8, 4) is 0 Å². The van der Waals surface area contributed by atoms with Crippen LogP contribution in [-0.2, 0) is 11.5 Å². The number of hydrogen-bond donors (Lipinski definition) is 0. The lowest BCUT2D eigenvalue weighted by Crippen LogP contribution is -1.94. The molecule has 0 N–H and O–H groups in total. The summed E-state index contributed by atoms with van der Waals surface area (Å²) in [5.74, 6) is 0. The van der Waals surface area contributed by atoms with Gasteiger partial charge in [-0.2, -0.15) is 0 Å². The van der Waals surface area contributed by atoms with E-state index in [0.29, 0.717) is 0 Å². The number of hydrogen-bond acceptors (Lipinski definition) is 2. The molecule has 1 aromatic heterocycles. The smallest absolute Gasteiger partial charge is 0.0733 e. The third kappa shape index (κ3) is 0.988. The molecule has 8 heavy (non-hydrogen) atoms. The van der Waals surface area contributed by atoms with Crippen LogP contribution in [0.2, 0.25) is 0 Å². The molecule has 0 aromatic carbocycles. The molecule has 0 aliphatic heterocycles. The maximum Gasteiger partial charge on any atom is 0.0733 e. The fourth-order valence-electron chi connectivity index (χ4n) is 0.432. The summed E-state index contributed by atoms with van der Waals surface area (Å²) in [7, 11) is 1.89. The summed E-state index contributed by atoms with van der Waals surface area (Å²) < 4.78 is 2.74. The summed E-state index contributed by atoms with van der Waals surface area (Å²) >= 11 is 2.27. The fraction of sp³-hybridized carbons (Fsp3) is 0.500. The zero-order chi connectivity index (χ0) is 5.98. The summed E-state index contributed by atoms with van der Waals surface area (Å²) in [6.45, 7) is 0. The van der Waals surface area contributed by atoms with Crippen molar-refractivity contribution in [2.75, 3.05) is 0 Å². The van der Waals surface area contributed by atoms with Crippen LogP contribution in [0.15, 0.2) is 6.20 Å². The van der Waals surface area contributed by atoms with Crippen LogP contribution in [0.1, 0.15) is 5.69 Å². The van der Waals surface area contributed by atoms with Gasteiger partial charge in [0.1, 0.15) is 0 Å². The van der Waals surface area contributed by atoms with Gasteiger partial charge in [0, 0.05) is 11.5 Å². The van der Waals surface area contributed by atoms with Crippen LogP contribution < -0.4 is 0 Å². The highest BCUT2D eigenvalue weighted by molar-refractivity contribution is 14.1. The molecule has 0 spiro atoms. The van der Waals surface area contributed by atoms with Crippen LogP contribution in [0, 0.1) is 0 Å². The van der Waals surface area contributed by atoms with E-state index in [9.17, 15) is 0 Å². The number of nitrogens with zero attached hydrogens (tertiary/aromatic N) is 3. The molecular weight excluding hydrogens is 217 g/mol. The topological polar surface area (TPSA) is 30.7 Å². The molecule has 3 nitrogen and oxygen atoms in total. The van der Waals surface area contributed by atoms with Crippen molar-refractivity contribution in [3.05, 3.63) is 11.9 Å². The minimum absolute atomic E-state index is 0.973.